The molecule has 0 bridgehead atoms. The van der Waals surface area contributed by atoms with Gasteiger partial charge in [-0.15, -0.1) is 0 Å². The van der Waals surface area contributed by atoms with E-state index in [4.69, 9.17) is 9.15 Å². The molecule has 6 heteroatoms. The minimum atomic E-state index is -0.268. The molecule has 25 heavy (non-hydrogen) atoms. The van der Waals surface area contributed by atoms with E-state index in [2.05, 4.69) is 5.32 Å². The van der Waals surface area contributed by atoms with Crippen molar-refractivity contribution in [2.45, 2.75) is 31.8 Å². The van der Waals surface area contributed by atoms with E-state index in [0.717, 1.165) is 25.1 Å². The standard InChI is InChI=1S/C19H23FN2O3/c20-15-3-6-17(7-4-15)25-13-11-21-10-9-16-5-8-19(23)22(16)14-18-2-1-12-24-18/h1-4,6-7,12,16,21H,5,8-11,13-14H2. The highest BCUT2D eigenvalue weighted by molar-refractivity contribution is 5.78. The molecule has 1 aliphatic heterocycles. The lowest BCUT2D eigenvalue weighted by Crippen LogP contribution is -2.35. The number of amides is 1. The van der Waals surface area contributed by atoms with E-state index in [0.29, 0.717) is 31.9 Å². The average molecular weight is 346 g/mol. The minimum Gasteiger partial charge on any atom is -0.492 e. The van der Waals surface area contributed by atoms with Crippen LogP contribution >= 0.6 is 0 Å². The zero-order chi connectivity index (χ0) is 17.5. The maximum absolute atomic E-state index is 12.8. The van der Waals surface area contributed by atoms with Crippen LogP contribution in [0.1, 0.15) is 25.0 Å². The Morgan fingerprint density at radius 3 is 2.84 bits per heavy atom. The summed E-state index contributed by atoms with van der Waals surface area (Å²) in [5.41, 5.74) is 0. The number of furan rings is 1. The fourth-order valence-electron chi connectivity index (χ4n) is 3.05. The number of benzene rings is 1. The van der Waals surface area contributed by atoms with Crippen molar-refractivity contribution in [3.8, 4) is 5.75 Å². The van der Waals surface area contributed by atoms with Gasteiger partial charge in [0.2, 0.25) is 5.91 Å². The fourth-order valence-corrected chi connectivity index (χ4v) is 3.05. The Hall–Kier alpha value is -2.34. The van der Waals surface area contributed by atoms with E-state index in [1.807, 2.05) is 17.0 Å². The van der Waals surface area contributed by atoms with Crippen LogP contribution in [0.3, 0.4) is 0 Å². The molecule has 1 aliphatic rings. The summed E-state index contributed by atoms with van der Waals surface area (Å²) in [6.07, 6.45) is 4.04. The molecule has 1 N–H and O–H groups in total. The van der Waals surface area contributed by atoms with Crippen molar-refractivity contribution in [2.75, 3.05) is 19.7 Å². The minimum absolute atomic E-state index is 0.195. The first-order valence-corrected chi connectivity index (χ1v) is 8.63. The summed E-state index contributed by atoms with van der Waals surface area (Å²) in [4.78, 5) is 14.0. The van der Waals surface area contributed by atoms with Crippen molar-refractivity contribution < 1.29 is 18.3 Å². The lowest BCUT2D eigenvalue weighted by atomic mass is 10.1. The third-order valence-corrected chi connectivity index (χ3v) is 4.37. The Labute approximate surface area is 146 Å². The Bertz CT molecular complexity index is 658. The predicted octanol–water partition coefficient (Wildman–Crippen LogP) is 2.97. The summed E-state index contributed by atoms with van der Waals surface area (Å²) in [6.45, 7) is 2.59. The molecular weight excluding hydrogens is 323 g/mol. The topological polar surface area (TPSA) is 54.7 Å². The third kappa shape index (κ3) is 5.06. The van der Waals surface area contributed by atoms with Crippen LogP contribution in [0.25, 0.3) is 0 Å². The van der Waals surface area contributed by atoms with Gasteiger partial charge in [-0.05, 0) is 55.8 Å². The highest BCUT2D eigenvalue weighted by atomic mass is 19.1. The summed E-state index contributed by atoms with van der Waals surface area (Å²) in [5.74, 6) is 1.41. The van der Waals surface area contributed by atoms with Gasteiger partial charge in [0, 0.05) is 19.0 Å². The van der Waals surface area contributed by atoms with E-state index in [1.54, 1.807) is 18.4 Å². The van der Waals surface area contributed by atoms with Gasteiger partial charge in [0.25, 0.3) is 0 Å². The van der Waals surface area contributed by atoms with Crippen LogP contribution in [-0.2, 0) is 11.3 Å². The van der Waals surface area contributed by atoms with E-state index in [1.165, 1.54) is 12.1 Å². The van der Waals surface area contributed by atoms with Gasteiger partial charge in [-0.25, -0.2) is 4.39 Å². The SMILES string of the molecule is O=C1CCC(CCNCCOc2ccc(F)cc2)N1Cc1ccco1. The summed E-state index contributed by atoms with van der Waals surface area (Å²) in [5, 5.41) is 3.33. The summed E-state index contributed by atoms with van der Waals surface area (Å²) in [7, 11) is 0. The average Bonchev–Trinajstić information content (AvgIpc) is 3.24. The number of carbonyl (C=O) groups excluding carboxylic acids is 1. The second-order valence-corrected chi connectivity index (χ2v) is 6.13. The molecule has 1 fully saturated rings. The van der Waals surface area contributed by atoms with Crippen molar-refractivity contribution >= 4 is 5.91 Å². The zero-order valence-electron chi connectivity index (χ0n) is 14.1. The zero-order valence-corrected chi connectivity index (χ0v) is 14.1. The second kappa shape index (κ2) is 8.67. The Morgan fingerprint density at radius 1 is 1.24 bits per heavy atom. The molecule has 0 saturated carbocycles. The highest BCUT2D eigenvalue weighted by Crippen LogP contribution is 2.23. The first-order valence-electron chi connectivity index (χ1n) is 8.63. The monoisotopic (exact) mass is 346 g/mol. The van der Waals surface area contributed by atoms with Crippen molar-refractivity contribution in [1.29, 1.82) is 0 Å². The van der Waals surface area contributed by atoms with Crippen LogP contribution in [0.2, 0.25) is 0 Å². The van der Waals surface area contributed by atoms with Gasteiger partial charge < -0.3 is 19.4 Å². The third-order valence-electron chi connectivity index (χ3n) is 4.37. The largest absolute Gasteiger partial charge is 0.492 e. The molecule has 0 spiro atoms. The number of rotatable bonds is 9. The Kier molecular flexibility index (Phi) is 6.06. The van der Waals surface area contributed by atoms with Gasteiger partial charge in [0.1, 0.15) is 23.9 Å². The molecule has 3 rings (SSSR count). The van der Waals surface area contributed by atoms with Crippen LogP contribution in [0.5, 0.6) is 5.75 Å². The summed E-state index contributed by atoms with van der Waals surface area (Å²) in [6, 6.07) is 9.99. The van der Waals surface area contributed by atoms with Crippen molar-refractivity contribution in [2.24, 2.45) is 0 Å². The number of ether oxygens (including phenoxy) is 1. The first kappa shape index (κ1) is 17.5. The predicted molar refractivity (Wildman–Crippen MR) is 91.7 cm³/mol. The quantitative estimate of drug-likeness (QED) is 0.709. The molecule has 0 aliphatic carbocycles. The molecule has 1 unspecified atom stereocenters. The highest BCUT2D eigenvalue weighted by Gasteiger charge is 2.30. The molecule has 134 valence electrons. The van der Waals surface area contributed by atoms with E-state index >= 15 is 0 Å². The maximum atomic E-state index is 12.8. The number of halogens is 1. The lowest BCUT2D eigenvalue weighted by Gasteiger charge is -2.24. The van der Waals surface area contributed by atoms with Gasteiger partial charge >= 0.3 is 0 Å². The Balaban J connectivity index is 1.33. The van der Waals surface area contributed by atoms with Crippen LogP contribution in [0.15, 0.2) is 47.1 Å². The van der Waals surface area contributed by atoms with E-state index in [-0.39, 0.29) is 17.8 Å². The molecule has 1 amide bonds. The maximum Gasteiger partial charge on any atom is 0.223 e. The molecular formula is C19H23FN2O3. The number of hydrogen-bond acceptors (Lipinski definition) is 4. The van der Waals surface area contributed by atoms with Crippen molar-refractivity contribution in [3.63, 3.8) is 0 Å². The van der Waals surface area contributed by atoms with E-state index < -0.39 is 0 Å². The number of carbonyl (C=O) groups is 1. The van der Waals surface area contributed by atoms with Crippen molar-refractivity contribution in [3.05, 3.63) is 54.2 Å². The first-order chi connectivity index (χ1) is 12.2. The van der Waals surface area contributed by atoms with Crippen LogP contribution in [-0.4, -0.2) is 36.5 Å². The van der Waals surface area contributed by atoms with Gasteiger partial charge in [-0.2, -0.15) is 0 Å². The van der Waals surface area contributed by atoms with E-state index in [9.17, 15) is 9.18 Å². The number of likely N-dealkylation sites (tertiary alicyclic amines) is 1. The van der Waals surface area contributed by atoms with Crippen molar-refractivity contribution in [1.82, 2.24) is 10.2 Å². The van der Waals surface area contributed by atoms with Gasteiger partial charge in [-0.1, -0.05) is 0 Å². The second-order valence-electron chi connectivity index (χ2n) is 6.13. The Morgan fingerprint density at radius 2 is 2.08 bits per heavy atom. The number of hydrogen-bond donors (Lipinski definition) is 1. The summed E-state index contributed by atoms with van der Waals surface area (Å²) >= 11 is 0. The molecule has 1 atom stereocenters. The van der Waals surface area contributed by atoms with Crippen LogP contribution in [0.4, 0.5) is 4.39 Å². The molecule has 2 heterocycles. The van der Waals surface area contributed by atoms with Gasteiger partial charge in [0.05, 0.1) is 12.8 Å². The smallest absolute Gasteiger partial charge is 0.223 e. The molecule has 2 aromatic rings. The molecule has 1 saturated heterocycles. The molecule has 5 nitrogen and oxygen atoms in total. The summed E-state index contributed by atoms with van der Waals surface area (Å²) < 4.78 is 23.7. The van der Waals surface area contributed by atoms with Crippen LogP contribution in [0, 0.1) is 5.82 Å². The number of nitrogens with zero attached hydrogens (tertiary/aromatic N) is 1. The normalized spacial score (nSPS) is 17.2. The molecule has 1 aromatic heterocycles. The molecule has 0 radical (unpaired) electrons. The van der Waals surface area contributed by atoms with Crippen LogP contribution < -0.4 is 10.1 Å². The molecule has 1 aromatic carbocycles. The number of nitrogens with one attached hydrogen (secondary N) is 1. The van der Waals surface area contributed by atoms with Gasteiger partial charge in [0.15, 0.2) is 0 Å². The fraction of sp³-hybridized carbons (Fsp3) is 0.421. The lowest BCUT2D eigenvalue weighted by molar-refractivity contribution is -0.129. The van der Waals surface area contributed by atoms with Gasteiger partial charge in [-0.3, -0.25) is 4.79 Å².